The van der Waals surface area contributed by atoms with E-state index in [0.29, 0.717) is 27.5 Å². The zero-order valence-electron chi connectivity index (χ0n) is 21.5. The number of rotatable bonds is 8. The van der Waals surface area contributed by atoms with Crippen molar-refractivity contribution in [3.05, 3.63) is 89.2 Å². The Hall–Kier alpha value is -3.49. The predicted molar refractivity (Wildman–Crippen MR) is 143 cm³/mol. The lowest BCUT2D eigenvalue weighted by Gasteiger charge is -2.32. The molecule has 0 radical (unpaired) electrons. The summed E-state index contributed by atoms with van der Waals surface area (Å²) < 4.78 is 46.7. The van der Waals surface area contributed by atoms with Crippen molar-refractivity contribution in [1.82, 2.24) is 4.72 Å². The Morgan fingerprint density at radius 2 is 1.76 bits per heavy atom. The van der Waals surface area contributed by atoms with E-state index in [2.05, 4.69) is 25.5 Å². The second-order valence-electron chi connectivity index (χ2n) is 9.81. The molecule has 1 amide bonds. The number of ether oxygens (including phenoxy) is 3. The van der Waals surface area contributed by atoms with Gasteiger partial charge in [-0.15, -0.1) is 0 Å². The molecule has 1 heterocycles. The molecule has 3 aromatic carbocycles. The molecule has 8 heteroatoms. The summed E-state index contributed by atoms with van der Waals surface area (Å²) in [5.74, 6) is 0.400. The van der Waals surface area contributed by atoms with Gasteiger partial charge in [0.25, 0.3) is 5.91 Å². The smallest absolute Gasteiger partial charge is 0.257 e. The average molecular weight is 524 g/mol. The van der Waals surface area contributed by atoms with Crippen LogP contribution >= 0.6 is 0 Å². The zero-order chi connectivity index (χ0) is 26.7. The van der Waals surface area contributed by atoms with Crippen LogP contribution in [0.4, 0.5) is 4.39 Å². The molecule has 2 atom stereocenters. The van der Waals surface area contributed by atoms with Gasteiger partial charge in [0.05, 0.1) is 18.1 Å². The highest BCUT2D eigenvalue weighted by Crippen LogP contribution is 2.42. The first-order chi connectivity index (χ1) is 17.6. The number of carbonyl (C=O) groups is 1. The summed E-state index contributed by atoms with van der Waals surface area (Å²) in [6.45, 7) is 6.46. The van der Waals surface area contributed by atoms with E-state index in [1.54, 1.807) is 50.6 Å². The van der Waals surface area contributed by atoms with Gasteiger partial charge < -0.3 is 14.2 Å². The number of methoxy groups -OCH3 is 2. The van der Waals surface area contributed by atoms with Crippen molar-refractivity contribution in [1.29, 1.82) is 0 Å². The molecule has 194 valence electrons. The number of benzene rings is 3. The van der Waals surface area contributed by atoms with E-state index in [1.165, 1.54) is 12.1 Å². The number of amides is 1. The Bertz CT molecular complexity index is 1380. The van der Waals surface area contributed by atoms with Gasteiger partial charge in [-0.25, -0.2) is 8.60 Å². The van der Waals surface area contributed by atoms with Crippen molar-refractivity contribution in [2.45, 2.75) is 33.5 Å². The second kappa shape index (κ2) is 10.9. The maximum atomic E-state index is 15.0. The van der Waals surface area contributed by atoms with Crippen LogP contribution in [0.3, 0.4) is 0 Å². The molecular formula is C29H30FNO5S. The molecule has 0 fully saturated rings. The van der Waals surface area contributed by atoms with Gasteiger partial charge in [0, 0.05) is 18.7 Å². The number of nitrogens with one attached hydrogen (secondary N) is 1. The Balaban J connectivity index is 1.67. The molecule has 1 aliphatic rings. The van der Waals surface area contributed by atoms with Gasteiger partial charge >= 0.3 is 0 Å². The standard InChI is InChI=1S/C29H30FNO5S/c1-29(2,3)28(35-5)24-13-18(9-11-22(24)23-15-20(34-4)10-12-25(23)30)17-36-21-8-6-7-19(14-21)26-16-27(32)31-37(26)33/h6-16,28H,17H2,1-5H3,(H,31,32)/t28-,37?/m1/s1. The predicted octanol–water partition coefficient (Wildman–Crippen LogP) is 5.95. The number of hydrogen-bond acceptors (Lipinski definition) is 5. The Labute approximate surface area is 219 Å². The minimum absolute atomic E-state index is 0.247. The third-order valence-electron chi connectivity index (χ3n) is 6.06. The van der Waals surface area contributed by atoms with Crippen molar-refractivity contribution in [2.75, 3.05) is 14.2 Å². The molecule has 0 bridgehead atoms. The van der Waals surface area contributed by atoms with Gasteiger partial charge in [0.1, 0.15) is 23.9 Å². The fourth-order valence-electron chi connectivity index (χ4n) is 4.39. The van der Waals surface area contributed by atoms with Crippen molar-refractivity contribution in [2.24, 2.45) is 5.41 Å². The van der Waals surface area contributed by atoms with Crippen LogP contribution in [0.2, 0.25) is 0 Å². The van der Waals surface area contributed by atoms with Gasteiger partial charge in [-0.1, -0.05) is 45.0 Å². The minimum Gasteiger partial charge on any atom is -0.497 e. The maximum Gasteiger partial charge on any atom is 0.257 e. The molecule has 0 saturated carbocycles. The van der Waals surface area contributed by atoms with Gasteiger partial charge in [-0.3, -0.25) is 9.52 Å². The fourth-order valence-corrected chi connectivity index (χ4v) is 5.30. The molecule has 1 aliphatic heterocycles. The minimum atomic E-state index is -1.58. The van der Waals surface area contributed by atoms with Crippen LogP contribution in [0, 0.1) is 11.2 Å². The second-order valence-corrected chi connectivity index (χ2v) is 11.0. The van der Waals surface area contributed by atoms with Crippen LogP contribution in [0.15, 0.2) is 66.7 Å². The van der Waals surface area contributed by atoms with Crippen molar-refractivity contribution in [3.63, 3.8) is 0 Å². The van der Waals surface area contributed by atoms with Crippen LogP contribution < -0.4 is 14.2 Å². The first-order valence-electron chi connectivity index (χ1n) is 11.8. The third-order valence-corrected chi connectivity index (χ3v) is 7.20. The average Bonchev–Trinajstić information content (AvgIpc) is 3.21. The first kappa shape index (κ1) is 26.6. The van der Waals surface area contributed by atoms with E-state index in [-0.39, 0.29) is 29.9 Å². The lowest BCUT2D eigenvalue weighted by Crippen LogP contribution is -2.21. The lowest BCUT2D eigenvalue weighted by molar-refractivity contribution is -0.114. The van der Waals surface area contributed by atoms with Gasteiger partial charge in [-0.2, -0.15) is 0 Å². The topological polar surface area (TPSA) is 73.9 Å². The summed E-state index contributed by atoms with van der Waals surface area (Å²) in [7, 11) is 1.62. The van der Waals surface area contributed by atoms with Crippen LogP contribution in [0.1, 0.15) is 43.6 Å². The molecule has 0 aromatic heterocycles. The molecule has 3 aromatic rings. The molecule has 0 aliphatic carbocycles. The summed E-state index contributed by atoms with van der Waals surface area (Å²) in [5.41, 5.74) is 3.25. The van der Waals surface area contributed by atoms with Crippen LogP contribution in [0.25, 0.3) is 16.0 Å². The third kappa shape index (κ3) is 5.92. The Morgan fingerprint density at radius 3 is 2.41 bits per heavy atom. The van der Waals surface area contributed by atoms with Gasteiger partial charge in [0.15, 0.2) is 11.0 Å². The summed E-state index contributed by atoms with van der Waals surface area (Å²) >= 11 is 0. The summed E-state index contributed by atoms with van der Waals surface area (Å²) in [6, 6.07) is 17.5. The molecule has 6 nitrogen and oxygen atoms in total. The van der Waals surface area contributed by atoms with E-state index >= 15 is 0 Å². The Morgan fingerprint density at radius 1 is 0.973 bits per heavy atom. The summed E-state index contributed by atoms with van der Waals surface area (Å²) in [6.07, 6.45) is 1.01. The largest absolute Gasteiger partial charge is 0.497 e. The highest BCUT2D eigenvalue weighted by Gasteiger charge is 2.29. The molecule has 0 saturated heterocycles. The number of halogens is 1. The molecule has 1 unspecified atom stereocenters. The van der Waals surface area contributed by atoms with E-state index in [1.807, 2.05) is 18.2 Å². The van der Waals surface area contributed by atoms with E-state index in [4.69, 9.17) is 14.2 Å². The summed E-state index contributed by atoms with van der Waals surface area (Å²) in [5, 5.41) is 0. The van der Waals surface area contributed by atoms with Gasteiger partial charge in [-0.05, 0) is 64.1 Å². The number of carbonyl (C=O) groups excluding carboxylic acids is 1. The lowest BCUT2D eigenvalue weighted by atomic mass is 9.81. The molecule has 4 rings (SSSR count). The van der Waals surface area contributed by atoms with E-state index in [0.717, 1.165) is 16.7 Å². The van der Waals surface area contributed by atoms with Crippen molar-refractivity contribution < 1.29 is 27.6 Å². The molecule has 0 spiro atoms. The monoisotopic (exact) mass is 523 g/mol. The fraction of sp³-hybridized carbons (Fsp3) is 0.276. The first-order valence-corrected chi connectivity index (χ1v) is 12.9. The van der Waals surface area contributed by atoms with Crippen molar-refractivity contribution >= 4 is 21.8 Å². The van der Waals surface area contributed by atoms with Crippen LogP contribution in [0.5, 0.6) is 11.5 Å². The quantitative estimate of drug-likeness (QED) is 0.395. The number of hydrogen-bond donors (Lipinski definition) is 1. The SMILES string of the molecule is COc1ccc(F)c(-c2ccc(COc3cccc(C4=CC(=O)NS4=O)c3)cc2[C@@H](OC)C(C)(C)C)c1. The van der Waals surface area contributed by atoms with Gasteiger partial charge in [0.2, 0.25) is 0 Å². The maximum absolute atomic E-state index is 15.0. The van der Waals surface area contributed by atoms with Crippen molar-refractivity contribution in [3.8, 4) is 22.6 Å². The van der Waals surface area contributed by atoms with Crippen LogP contribution in [-0.4, -0.2) is 24.3 Å². The normalized spacial score (nSPS) is 16.2. The van der Waals surface area contributed by atoms with E-state index < -0.39 is 11.0 Å². The molecule has 37 heavy (non-hydrogen) atoms. The highest BCUT2D eigenvalue weighted by molar-refractivity contribution is 7.93. The highest BCUT2D eigenvalue weighted by atomic mass is 32.2. The Kier molecular flexibility index (Phi) is 7.80. The van der Waals surface area contributed by atoms with E-state index in [9.17, 15) is 13.4 Å². The van der Waals surface area contributed by atoms with Crippen LogP contribution in [-0.2, 0) is 27.1 Å². The zero-order valence-corrected chi connectivity index (χ0v) is 22.3. The molecule has 1 N–H and O–H groups in total. The molecular weight excluding hydrogens is 493 g/mol. The summed E-state index contributed by atoms with van der Waals surface area (Å²) in [4.78, 5) is 12.0.